The Morgan fingerprint density at radius 3 is 2.23 bits per heavy atom. The molecule has 0 spiro atoms. The zero-order valence-corrected chi connectivity index (χ0v) is 12.2. The summed E-state index contributed by atoms with van der Waals surface area (Å²) in [4.78, 5) is 22.0. The van der Waals surface area contributed by atoms with Gasteiger partial charge < -0.3 is 15.2 Å². The van der Waals surface area contributed by atoms with Crippen molar-refractivity contribution >= 4 is 11.9 Å². The van der Waals surface area contributed by atoms with Gasteiger partial charge in [-0.15, -0.1) is 0 Å². The molecule has 114 valence electrons. The lowest BCUT2D eigenvalue weighted by Crippen LogP contribution is -2.39. The molecule has 0 aliphatic rings. The van der Waals surface area contributed by atoms with Crippen molar-refractivity contribution in [1.29, 1.82) is 0 Å². The second-order valence-electron chi connectivity index (χ2n) is 4.76. The molecular formula is C17H17NO4. The quantitative estimate of drug-likeness (QED) is 0.858. The van der Waals surface area contributed by atoms with E-state index in [1.165, 1.54) is 0 Å². The molecule has 2 rings (SSSR count). The van der Waals surface area contributed by atoms with E-state index in [0.717, 1.165) is 11.1 Å². The number of rotatable bonds is 6. The maximum atomic E-state index is 11.6. The van der Waals surface area contributed by atoms with E-state index in [4.69, 9.17) is 9.84 Å². The van der Waals surface area contributed by atoms with Gasteiger partial charge in [-0.05, 0) is 30.2 Å². The zero-order chi connectivity index (χ0) is 15.9. The molecule has 2 aromatic rings. The normalized spacial score (nSPS) is 11.5. The van der Waals surface area contributed by atoms with Crippen molar-refractivity contribution in [3.8, 4) is 16.9 Å². The summed E-state index contributed by atoms with van der Waals surface area (Å²) in [6.07, 6.45) is -0.762. The Bertz CT molecular complexity index is 637. The SMILES string of the molecule is CC(Oc1ccc(-c2ccccc2)cc1)C(=O)NCC(=O)O. The van der Waals surface area contributed by atoms with Crippen molar-refractivity contribution in [3.63, 3.8) is 0 Å². The predicted molar refractivity (Wildman–Crippen MR) is 82.6 cm³/mol. The van der Waals surface area contributed by atoms with Gasteiger partial charge in [-0.3, -0.25) is 9.59 Å². The van der Waals surface area contributed by atoms with Crippen molar-refractivity contribution in [2.45, 2.75) is 13.0 Å². The Morgan fingerprint density at radius 1 is 1.05 bits per heavy atom. The first-order valence-electron chi connectivity index (χ1n) is 6.88. The van der Waals surface area contributed by atoms with E-state index in [2.05, 4.69) is 5.32 Å². The average Bonchev–Trinajstić information content (AvgIpc) is 2.54. The number of benzene rings is 2. The lowest BCUT2D eigenvalue weighted by atomic mass is 10.1. The van der Waals surface area contributed by atoms with Gasteiger partial charge in [0, 0.05) is 0 Å². The molecule has 2 aromatic carbocycles. The zero-order valence-electron chi connectivity index (χ0n) is 12.2. The molecule has 0 radical (unpaired) electrons. The number of aliphatic carboxylic acids is 1. The van der Waals surface area contributed by atoms with Crippen LogP contribution in [0.4, 0.5) is 0 Å². The van der Waals surface area contributed by atoms with Crippen LogP contribution in [0.2, 0.25) is 0 Å². The lowest BCUT2D eigenvalue weighted by Gasteiger charge is -2.14. The summed E-state index contributed by atoms with van der Waals surface area (Å²) in [7, 11) is 0. The van der Waals surface area contributed by atoms with Gasteiger partial charge in [-0.1, -0.05) is 42.5 Å². The molecule has 5 heteroatoms. The molecule has 0 saturated carbocycles. The molecule has 0 aliphatic carbocycles. The number of amides is 1. The Labute approximate surface area is 128 Å². The molecule has 0 bridgehead atoms. The first kappa shape index (κ1) is 15.6. The second kappa shape index (κ2) is 7.26. The standard InChI is InChI=1S/C17H17NO4/c1-12(17(21)18-11-16(19)20)22-15-9-7-14(8-10-15)13-5-3-2-4-6-13/h2-10,12H,11H2,1H3,(H,18,21)(H,19,20). The minimum atomic E-state index is -1.09. The Kier molecular flexibility index (Phi) is 5.14. The van der Waals surface area contributed by atoms with Crippen LogP contribution >= 0.6 is 0 Å². The number of ether oxygens (including phenoxy) is 1. The number of carbonyl (C=O) groups excluding carboxylic acids is 1. The Morgan fingerprint density at radius 2 is 1.64 bits per heavy atom. The van der Waals surface area contributed by atoms with Gasteiger partial charge in [0.25, 0.3) is 5.91 Å². The van der Waals surface area contributed by atoms with Gasteiger partial charge >= 0.3 is 5.97 Å². The molecule has 0 aromatic heterocycles. The third-order valence-electron chi connectivity index (χ3n) is 3.06. The first-order chi connectivity index (χ1) is 10.6. The van der Waals surface area contributed by atoms with Gasteiger partial charge in [0.15, 0.2) is 6.10 Å². The monoisotopic (exact) mass is 299 g/mol. The number of nitrogens with one attached hydrogen (secondary N) is 1. The maximum Gasteiger partial charge on any atom is 0.322 e. The van der Waals surface area contributed by atoms with Gasteiger partial charge in [-0.2, -0.15) is 0 Å². The number of carboxylic acid groups (broad SMARTS) is 1. The highest BCUT2D eigenvalue weighted by Crippen LogP contribution is 2.22. The lowest BCUT2D eigenvalue weighted by molar-refractivity contribution is -0.139. The molecule has 0 saturated heterocycles. The van der Waals surface area contributed by atoms with Crippen LogP contribution in [-0.4, -0.2) is 29.6 Å². The maximum absolute atomic E-state index is 11.6. The van der Waals surface area contributed by atoms with Crippen LogP contribution < -0.4 is 10.1 Å². The van der Waals surface area contributed by atoms with E-state index in [0.29, 0.717) is 5.75 Å². The van der Waals surface area contributed by atoms with Gasteiger partial charge in [0.05, 0.1) is 0 Å². The second-order valence-corrected chi connectivity index (χ2v) is 4.76. The summed E-state index contributed by atoms with van der Waals surface area (Å²) in [5.74, 6) is -1.00. The molecule has 0 fully saturated rings. The van der Waals surface area contributed by atoms with Crippen molar-refractivity contribution < 1.29 is 19.4 Å². The first-order valence-corrected chi connectivity index (χ1v) is 6.88. The summed E-state index contributed by atoms with van der Waals surface area (Å²) in [5.41, 5.74) is 2.15. The molecule has 5 nitrogen and oxygen atoms in total. The summed E-state index contributed by atoms with van der Waals surface area (Å²) in [6, 6.07) is 17.3. The van der Waals surface area contributed by atoms with Crippen LogP contribution in [0.1, 0.15) is 6.92 Å². The summed E-state index contributed by atoms with van der Waals surface area (Å²) < 4.78 is 5.49. The largest absolute Gasteiger partial charge is 0.481 e. The summed E-state index contributed by atoms with van der Waals surface area (Å²) >= 11 is 0. The highest BCUT2D eigenvalue weighted by molar-refractivity contribution is 5.84. The van der Waals surface area contributed by atoms with Crippen LogP contribution in [0.25, 0.3) is 11.1 Å². The van der Waals surface area contributed by atoms with E-state index in [1.54, 1.807) is 19.1 Å². The molecule has 2 N–H and O–H groups in total. The van der Waals surface area contributed by atoms with Gasteiger partial charge in [-0.25, -0.2) is 0 Å². The molecule has 1 unspecified atom stereocenters. The van der Waals surface area contributed by atoms with Crippen molar-refractivity contribution in [2.24, 2.45) is 0 Å². The van der Waals surface area contributed by atoms with Gasteiger partial charge in [0.1, 0.15) is 12.3 Å². The van der Waals surface area contributed by atoms with E-state index < -0.39 is 24.5 Å². The van der Waals surface area contributed by atoms with Crippen LogP contribution in [0.15, 0.2) is 54.6 Å². The third kappa shape index (κ3) is 4.34. The van der Waals surface area contributed by atoms with Crippen molar-refractivity contribution in [2.75, 3.05) is 6.54 Å². The van der Waals surface area contributed by atoms with Crippen LogP contribution in [0.3, 0.4) is 0 Å². The minimum Gasteiger partial charge on any atom is -0.481 e. The molecule has 0 heterocycles. The highest BCUT2D eigenvalue weighted by atomic mass is 16.5. The Balaban J connectivity index is 1.96. The average molecular weight is 299 g/mol. The molecule has 0 aliphatic heterocycles. The highest BCUT2D eigenvalue weighted by Gasteiger charge is 2.15. The molecule has 1 amide bonds. The van der Waals surface area contributed by atoms with E-state index in [1.807, 2.05) is 42.5 Å². The molecular weight excluding hydrogens is 282 g/mol. The smallest absolute Gasteiger partial charge is 0.322 e. The fraction of sp³-hybridized carbons (Fsp3) is 0.176. The number of hydrogen-bond donors (Lipinski definition) is 2. The third-order valence-corrected chi connectivity index (χ3v) is 3.06. The summed E-state index contributed by atoms with van der Waals surface area (Å²) in [6.45, 7) is 1.15. The Hall–Kier alpha value is -2.82. The minimum absolute atomic E-state index is 0.417. The van der Waals surface area contributed by atoms with Crippen molar-refractivity contribution in [3.05, 3.63) is 54.6 Å². The van der Waals surface area contributed by atoms with E-state index >= 15 is 0 Å². The van der Waals surface area contributed by atoms with Crippen LogP contribution in [0, 0.1) is 0 Å². The predicted octanol–water partition coefficient (Wildman–Crippen LogP) is 2.32. The van der Waals surface area contributed by atoms with E-state index in [9.17, 15) is 9.59 Å². The van der Waals surface area contributed by atoms with Crippen molar-refractivity contribution in [1.82, 2.24) is 5.32 Å². The fourth-order valence-electron chi connectivity index (χ4n) is 1.92. The molecule has 1 atom stereocenters. The number of hydrogen-bond acceptors (Lipinski definition) is 3. The van der Waals surface area contributed by atoms with Gasteiger partial charge in [0.2, 0.25) is 0 Å². The van der Waals surface area contributed by atoms with E-state index in [-0.39, 0.29) is 0 Å². The number of carbonyl (C=O) groups is 2. The van der Waals surface area contributed by atoms with Crippen LogP contribution in [0.5, 0.6) is 5.75 Å². The topological polar surface area (TPSA) is 75.6 Å². The fourth-order valence-corrected chi connectivity index (χ4v) is 1.92. The van der Waals surface area contributed by atoms with Crippen LogP contribution in [-0.2, 0) is 9.59 Å². The number of carboxylic acids is 1. The summed E-state index contributed by atoms with van der Waals surface area (Å²) in [5, 5.41) is 10.8. The molecule has 22 heavy (non-hydrogen) atoms.